The van der Waals surface area contributed by atoms with Gasteiger partial charge in [-0.2, -0.15) is 10.1 Å². The van der Waals surface area contributed by atoms with Crippen LogP contribution in [0.5, 0.6) is 0 Å². The first kappa shape index (κ1) is 14.4. The highest BCUT2D eigenvalue weighted by atomic mass is 16.6. The highest BCUT2D eigenvalue weighted by Crippen LogP contribution is 2.24. The van der Waals surface area contributed by atoms with Crippen molar-refractivity contribution in [2.24, 2.45) is 0 Å². The van der Waals surface area contributed by atoms with Crippen LogP contribution in [0.3, 0.4) is 0 Å². The predicted molar refractivity (Wildman–Crippen MR) is 73.5 cm³/mol. The zero-order chi connectivity index (χ0) is 15.6. The number of nitrogens with one attached hydrogen (secondary N) is 2. The van der Waals surface area contributed by atoms with Crippen LogP contribution >= 0.6 is 0 Å². The van der Waals surface area contributed by atoms with Crippen LogP contribution in [0.15, 0.2) is 12.3 Å². The Morgan fingerprint density at radius 3 is 2.67 bits per heavy atom. The molecule has 0 bridgehead atoms. The maximum absolute atomic E-state index is 11.5. The van der Waals surface area contributed by atoms with Crippen molar-refractivity contribution in [2.75, 3.05) is 19.4 Å². The largest absolute Gasteiger partial charge is 0.357 e. The zero-order valence-corrected chi connectivity index (χ0v) is 11.6. The molecule has 0 aliphatic carbocycles. The third-order valence-electron chi connectivity index (χ3n) is 2.71. The second-order valence-corrected chi connectivity index (χ2v) is 4.04. The maximum Gasteiger partial charge on any atom is 0.334 e. The molecule has 0 saturated carbocycles. The third kappa shape index (κ3) is 2.63. The lowest BCUT2D eigenvalue weighted by atomic mass is 10.3. The standard InChI is InChI=1S/C11H13N7O3/c1-6-8(18(20)21)9(15-11(13-3)14-6)17-5-4-7(16-17)10(19)12-2/h4-5H,1-3H3,(H,12,19)(H,13,14,15). The highest BCUT2D eigenvalue weighted by molar-refractivity contribution is 5.91. The molecule has 0 atom stereocenters. The van der Waals surface area contributed by atoms with E-state index in [0.717, 1.165) is 0 Å². The number of anilines is 1. The number of rotatable bonds is 4. The minimum atomic E-state index is -0.578. The molecule has 1 amide bonds. The van der Waals surface area contributed by atoms with E-state index in [2.05, 4.69) is 25.7 Å². The van der Waals surface area contributed by atoms with Gasteiger partial charge >= 0.3 is 5.69 Å². The van der Waals surface area contributed by atoms with Crippen LogP contribution in [0.1, 0.15) is 16.2 Å². The van der Waals surface area contributed by atoms with Crippen LogP contribution in [0.2, 0.25) is 0 Å². The molecule has 0 radical (unpaired) electrons. The number of hydrogen-bond acceptors (Lipinski definition) is 7. The smallest absolute Gasteiger partial charge is 0.334 e. The molecule has 0 aliphatic heterocycles. The SMILES string of the molecule is CNC(=O)c1ccn(-c2nc(NC)nc(C)c2[N+](=O)[O-])n1. The summed E-state index contributed by atoms with van der Waals surface area (Å²) in [6, 6.07) is 1.44. The molecule has 0 aromatic carbocycles. The summed E-state index contributed by atoms with van der Waals surface area (Å²) in [5.41, 5.74) is 0.0703. The Kier molecular flexibility index (Phi) is 3.78. The van der Waals surface area contributed by atoms with Gasteiger partial charge in [-0.3, -0.25) is 14.9 Å². The zero-order valence-electron chi connectivity index (χ0n) is 11.6. The average Bonchev–Trinajstić information content (AvgIpc) is 2.94. The Bertz CT molecular complexity index is 710. The van der Waals surface area contributed by atoms with Gasteiger partial charge in [0.15, 0.2) is 5.69 Å². The number of aryl methyl sites for hydroxylation is 1. The van der Waals surface area contributed by atoms with Gasteiger partial charge in [0.2, 0.25) is 11.8 Å². The summed E-state index contributed by atoms with van der Waals surface area (Å²) in [5.74, 6) is -0.173. The molecule has 2 rings (SSSR count). The van der Waals surface area contributed by atoms with Crippen molar-refractivity contribution in [3.05, 3.63) is 33.8 Å². The summed E-state index contributed by atoms with van der Waals surface area (Å²) >= 11 is 0. The topological polar surface area (TPSA) is 128 Å². The maximum atomic E-state index is 11.5. The summed E-state index contributed by atoms with van der Waals surface area (Å²) in [6.45, 7) is 1.51. The first-order valence-electron chi connectivity index (χ1n) is 5.96. The van der Waals surface area contributed by atoms with Gasteiger partial charge in [-0.1, -0.05) is 0 Å². The second kappa shape index (κ2) is 5.53. The van der Waals surface area contributed by atoms with Crippen LogP contribution in [0.4, 0.5) is 11.6 Å². The molecule has 10 nitrogen and oxygen atoms in total. The minimum absolute atomic E-state index is 0.00740. The van der Waals surface area contributed by atoms with Crippen molar-refractivity contribution < 1.29 is 9.72 Å². The second-order valence-electron chi connectivity index (χ2n) is 4.04. The van der Waals surface area contributed by atoms with Crippen molar-refractivity contribution in [1.82, 2.24) is 25.1 Å². The van der Waals surface area contributed by atoms with E-state index in [9.17, 15) is 14.9 Å². The molecule has 10 heteroatoms. The Balaban J connectivity index is 2.61. The molecule has 2 aromatic rings. The van der Waals surface area contributed by atoms with Crippen LogP contribution in [-0.4, -0.2) is 44.7 Å². The fourth-order valence-electron chi connectivity index (χ4n) is 1.73. The van der Waals surface area contributed by atoms with Gasteiger partial charge in [0.25, 0.3) is 5.91 Å². The predicted octanol–water partition coefficient (Wildman–Crippen LogP) is 0.280. The number of hydrogen-bond donors (Lipinski definition) is 2. The van der Waals surface area contributed by atoms with Crippen molar-refractivity contribution in [3.8, 4) is 5.82 Å². The molecule has 0 saturated heterocycles. The van der Waals surface area contributed by atoms with E-state index < -0.39 is 10.8 Å². The summed E-state index contributed by atoms with van der Waals surface area (Å²) < 4.78 is 1.18. The molecule has 21 heavy (non-hydrogen) atoms. The number of nitro groups is 1. The van der Waals surface area contributed by atoms with E-state index in [0.29, 0.717) is 0 Å². The first-order valence-corrected chi connectivity index (χ1v) is 5.96. The lowest BCUT2D eigenvalue weighted by Crippen LogP contribution is -2.19. The van der Waals surface area contributed by atoms with Gasteiger partial charge in [-0.25, -0.2) is 9.67 Å². The third-order valence-corrected chi connectivity index (χ3v) is 2.71. The number of aromatic nitrogens is 4. The molecule has 2 N–H and O–H groups in total. The van der Waals surface area contributed by atoms with Crippen molar-refractivity contribution in [1.29, 1.82) is 0 Å². The molecule has 110 valence electrons. The molecular weight excluding hydrogens is 278 g/mol. The fourth-order valence-corrected chi connectivity index (χ4v) is 1.73. The summed E-state index contributed by atoms with van der Waals surface area (Å²) in [5, 5.41) is 20.3. The normalized spacial score (nSPS) is 10.2. The van der Waals surface area contributed by atoms with Gasteiger partial charge in [0.1, 0.15) is 5.69 Å². The Morgan fingerprint density at radius 1 is 1.38 bits per heavy atom. The quantitative estimate of drug-likeness (QED) is 0.611. The van der Waals surface area contributed by atoms with E-state index >= 15 is 0 Å². The van der Waals surface area contributed by atoms with Crippen LogP contribution in [-0.2, 0) is 0 Å². The Morgan fingerprint density at radius 2 is 2.10 bits per heavy atom. The molecular formula is C11H13N7O3. The fraction of sp³-hybridized carbons (Fsp3) is 0.273. The van der Waals surface area contributed by atoms with Crippen molar-refractivity contribution in [2.45, 2.75) is 6.92 Å². The van der Waals surface area contributed by atoms with Gasteiger partial charge in [0.05, 0.1) is 4.92 Å². The van der Waals surface area contributed by atoms with E-state index in [1.807, 2.05) is 0 Å². The Hall–Kier alpha value is -3.04. The lowest BCUT2D eigenvalue weighted by molar-refractivity contribution is -0.385. The molecule has 2 aromatic heterocycles. The summed E-state index contributed by atoms with van der Waals surface area (Å²) in [4.78, 5) is 30.1. The Labute approximate surface area is 119 Å². The molecule has 0 fully saturated rings. The van der Waals surface area contributed by atoms with Gasteiger partial charge in [-0.15, -0.1) is 0 Å². The average molecular weight is 291 g/mol. The van der Waals surface area contributed by atoms with Crippen LogP contribution in [0, 0.1) is 17.0 Å². The molecule has 0 aliphatic rings. The summed E-state index contributed by atoms with van der Waals surface area (Å²) in [6.07, 6.45) is 1.43. The highest BCUT2D eigenvalue weighted by Gasteiger charge is 2.24. The van der Waals surface area contributed by atoms with Gasteiger partial charge < -0.3 is 10.6 Å². The van der Waals surface area contributed by atoms with E-state index in [4.69, 9.17) is 0 Å². The number of carbonyl (C=O) groups is 1. The van der Waals surface area contributed by atoms with Crippen LogP contribution in [0.25, 0.3) is 5.82 Å². The van der Waals surface area contributed by atoms with E-state index in [-0.39, 0.29) is 28.8 Å². The lowest BCUT2D eigenvalue weighted by Gasteiger charge is -2.06. The monoisotopic (exact) mass is 291 g/mol. The van der Waals surface area contributed by atoms with Gasteiger partial charge in [0, 0.05) is 20.3 Å². The van der Waals surface area contributed by atoms with Crippen molar-refractivity contribution in [3.63, 3.8) is 0 Å². The minimum Gasteiger partial charge on any atom is -0.357 e. The summed E-state index contributed by atoms with van der Waals surface area (Å²) in [7, 11) is 3.07. The molecule has 0 unspecified atom stereocenters. The number of nitrogens with zero attached hydrogens (tertiary/aromatic N) is 5. The van der Waals surface area contributed by atoms with E-state index in [1.54, 1.807) is 7.05 Å². The molecule has 2 heterocycles. The number of amides is 1. The van der Waals surface area contributed by atoms with Crippen LogP contribution < -0.4 is 10.6 Å². The number of carbonyl (C=O) groups excluding carboxylic acids is 1. The first-order chi connectivity index (χ1) is 9.97. The van der Waals surface area contributed by atoms with Crippen molar-refractivity contribution >= 4 is 17.5 Å². The van der Waals surface area contributed by atoms with E-state index in [1.165, 1.54) is 30.9 Å². The van der Waals surface area contributed by atoms with Gasteiger partial charge in [-0.05, 0) is 13.0 Å². The molecule has 0 spiro atoms.